The fraction of sp³-hybridized carbons (Fsp3) is 0.462. The fourth-order valence-electron chi connectivity index (χ4n) is 1.30. The van der Waals surface area contributed by atoms with Gasteiger partial charge in [-0.05, 0) is 29.9 Å². The monoisotopic (exact) mass is 286 g/mol. The van der Waals surface area contributed by atoms with Gasteiger partial charge in [-0.1, -0.05) is 31.9 Å². The zero-order chi connectivity index (χ0) is 13.5. The minimum absolute atomic E-state index is 0.0303. The van der Waals surface area contributed by atoms with Gasteiger partial charge < -0.3 is 11.1 Å². The smallest absolute Gasteiger partial charge is 0.234 e. The molecule has 18 heavy (non-hydrogen) atoms. The standard InChI is InChI=1S/C13H19ClN2OS/c1-3-9(2)7-18-8-13(17)16-12-5-4-10(14)6-11(12)15/h4-6,9H,3,7-8,15H2,1-2H3,(H,16,17). The molecular formula is C13H19ClN2OS. The third-order valence-corrected chi connectivity index (χ3v) is 4.13. The fourth-order valence-corrected chi connectivity index (χ4v) is 2.50. The van der Waals surface area contributed by atoms with Gasteiger partial charge in [-0.25, -0.2) is 0 Å². The highest BCUT2D eigenvalue weighted by molar-refractivity contribution is 7.99. The molecule has 0 aliphatic rings. The summed E-state index contributed by atoms with van der Waals surface area (Å²) in [6.45, 7) is 4.34. The van der Waals surface area contributed by atoms with E-state index in [0.717, 1.165) is 12.2 Å². The number of carbonyl (C=O) groups excluding carboxylic acids is 1. The molecule has 1 aromatic rings. The lowest BCUT2D eigenvalue weighted by Gasteiger charge is -2.10. The molecule has 1 aromatic carbocycles. The summed E-state index contributed by atoms with van der Waals surface area (Å²) in [7, 11) is 0. The quantitative estimate of drug-likeness (QED) is 0.785. The van der Waals surface area contributed by atoms with Gasteiger partial charge in [0.2, 0.25) is 5.91 Å². The molecule has 1 rings (SSSR count). The van der Waals surface area contributed by atoms with E-state index in [1.807, 2.05) is 0 Å². The number of anilines is 2. The van der Waals surface area contributed by atoms with Gasteiger partial charge in [0.15, 0.2) is 0 Å². The van der Waals surface area contributed by atoms with Crippen LogP contribution in [0.25, 0.3) is 0 Å². The van der Waals surface area contributed by atoms with Crippen molar-refractivity contribution in [2.24, 2.45) is 5.92 Å². The highest BCUT2D eigenvalue weighted by Crippen LogP contribution is 2.22. The number of halogens is 1. The Balaban J connectivity index is 2.40. The lowest BCUT2D eigenvalue weighted by molar-refractivity contribution is -0.113. The molecule has 0 heterocycles. The van der Waals surface area contributed by atoms with Gasteiger partial charge >= 0.3 is 0 Å². The van der Waals surface area contributed by atoms with Crippen molar-refractivity contribution in [3.05, 3.63) is 23.2 Å². The van der Waals surface area contributed by atoms with Crippen LogP contribution >= 0.6 is 23.4 Å². The molecule has 1 atom stereocenters. The SMILES string of the molecule is CCC(C)CSCC(=O)Nc1ccc(Cl)cc1N. The number of nitrogens with two attached hydrogens (primary N) is 1. The summed E-state index contributed by atoms with van der Waals surface area (Å²) in [6, 6.07) is 5.05. The van der Waals surface area contributed by atoms with Crippen LogP contribution in [-0.2, 0) is 4.79 Å². The summed E-state index contributed by atoms with van der Waals surface area (Å²) in [4.78, 5) is 11.7. The summed E-state index contributed by atoms with van der Waals surface area (Å²) in [6.07, 6.45) is 1.14. The normalized spacial score (nSPS) is 12.2. The van der Waals surface area contributed by atoms with Crippen molar-refractivity contribution in [3.63, 3.8) is 0 Å². The van der Waals surface area contributed by atoms with Crippen molar-refractivity contribution in [2.45, 2.75) is 20.3 Å². The molecule has 3 N–H and O–H groups in total. The van der Waals surface area contributed by atoms with Crippen molar-refractivity contribution in [1.29, 1.82) is 0 Å². The third-order valence-electron chi connectivity index (χ3n) is 2.62. The number of nitrogen functional groups attached to an aromatic ring is 1. The number of carbonyl (C=O) groups is 1. The van der Waals surface area contributed by atoms with Gasteiger partial charge in [0, 0.05) is 5.02 Å². The predicted octanol–water partition coefficient (Wildman–Crippen LogP) is 3.64. The third kappa shape index (κ3) is 5.19. The van der Waals surface area contributed by atoms with Crippen molar-refractivity contribution in [1.82, 2.24) is 0 Å². The molecule has 0 fully saturated rings. The van der Waals surface area contributed by atoms with Gasteiger partial charge in [-0.2, -0.15) is 11.8 Å². The average Bonchev–Trinajstić information content (AvgIpc) is 2.32. The predicted molar refractivity (Wildman–Crippen MR) is 81.3 cm³/mol. The van der Waals surface area contributed by atoms with Crippen LogP contribution in [0, 0.1) is 5.92 Å². The number of amides is 1. The molecule has 0 radical (unpaired) electrons. The van der Waals surface area contributed by atoms with Gasteiger partial charge in [0.05, 0.1) is 17.1 Å². The zero-order valence-electron chi connectivity index (χ0n) is 10.7. The van der Waals surface area contributed by atoms with E-state index < -0.39 is 0 Å². The van der Waals surface area contributed by atoms with E-state index in [0.29, 0.717) is 28.1 Å². The summed E-state index contributed by atoms with van der Waals surface area (Å²) >= 11 is 7.43. The van der Waals surface area contributed by atoms with E-state index in [4.69, 9.17) is 17.3 Å². The lowest BCUT2D eigenvalue weighted by atomic mass is 10.2. The van der Waals surface area contributed by atoms with Crippen LogP contribution < -0.4 is 11.1 Å². The topological polar surface area (TPSA) is 55.1 Å². The number of rotatable bonds is 6. The van der Waals surface area contributed by atoms with Crippen LogP contribution in [0.2, 0.25) is 5.02 Å². The van der Waals surface area contributed by atoms with Crippen LogP contribution in [0.3, 0.4) is 0 Å². The second-order valence-corrected chi connectivity index (χ2v) is 5.77. The molecule has 0 saturated heterocycles. The summed E-state index contributed by atoms with van der Waals surface area (Å²) in [5.74, 6) is 2.06. The molecule has 0 aliphatic carbocycles. The maximum Gasteiger partial charge on any atom is 0.234 e. The van der Waals surface area contributed by atoms with Crippen molar-refractivity contribution >= 4 is 40.6 Å². The Hall–Kier alpha value is -0.870. The van der Waals surface area contributed by atoms with E-state index in [1.165, 1.54) is 0 Å². The van der Waals surface area contributed by atoms with Gasteiger partial charge in [0.25, 0.3) is 0 Å². The second-order valence-electron chi connectivity index (χ2n) is 4.31. The van der Waals surface area contributed by atoms with Crippen LogP contribution in [0.1, 0.15) is 20.3 Å². The molecule has 1 unspecified atom stereocenters. The maximum absolute atomic E-state index is 11.7. The minimum Gasteiger partial charge on any atom is -0.397 e. The first-order valence-electron chi connectivity index (χ1n) is 5.95. The Labute approximate surface area is 117 Å². The van der Waals surface area contributed by atoms with E-state index in [1.54, 1.807) is 30.0 Å². The van der Waals surface area contributed by atoms with Crippen molar-refractivity contribution < 1.29 is 4.79 Å². The molecule has 1 amide bonds. The molecule has 5 heteroatoms. The molecule has 0 saturated carbocycles. The van der Waals surface area contributed by atoms with Gasteiger partial charge in [0.1, 0.15) is 0 Å². The van der Waals surface area contributed by atoms with Gasteiger partial charge in [-0.3, -0.25) is 4.79 Å². The largest absolute Gasteiger partial charge is 0.397 e. The highest BCUT2D eigenvalue weighted by Gasteiger charge is 2.07. The Morgan fingerprint density at radius 2 is 2.28 bits per heavy atom. The van der Waals surface area contributed by atoms with E-state index in [9.17, 15) is 4.79 Å². The number of thioether (sulfide) groups is 1. The van der Waals surface area contributed by atoms with Crippen LogP contribution in [0.4, 0.5) is 11.4 Å². The maximum atomic E-state index is 11.7. The average molecular weight is 287 g/mol. The summed E-state index contributed by atoms with van der Waals surface area (Å²) < 4.78 is 0. The molecule has 3 nitrogen and oxygen atoms in total. The number of hydrogen-bond donors (Lipinski definition) is 2. The molecule has 0 bridgehead atoms. The Morgan fingerprint density at radius 1 is 1.56 bits per heavy atom. The van der Waals surface area contributed by atoms with Crippen LogP contribution in [0.15, 0.2) is 18.2 Å². The first-order valence-corrected chi connectivity index (χ1v) is 7.48. The van der Waals surface area contributed by atoms with Crippen molar-refractivity contribution in [3.8, 4) is 0 Å². The van der Waals surface area contributed by atoms with Gasteiger partial charge in [-0.15, -0.1) is 0 Å². The molecular weight excluding hydrogens is 268 g/mol. The minimum atomic E-state index is -0.0303. The summed E-state index contributed by atoms with van der Waals surface area (Å²) in [5.41, 5.74) is 6.87. The van der Waals surface area contributed by atoms with Crippen LogP contribution in [0.5, 0.6) is 0 Å². The number of hydrogen-bond acceptors (Lipinski definition) is 3. The van der Waals surface area contributed by atoms with E-state index in [-0.39, 0.29) is 5.91 Å². The highest BCUT2D eigenvalue weighted by atomic mass is 35.5. The lowest BCUT2D eigenvalue weighted by Crippen LogP contribution is -2.16. The number of benzene rings is 1. The summed E-state index contributed by atoms with van der Waals surface area (Å²) in [5, 5.41) is 3.35. The first kappa shape index (κ1) is 15.2. The molecule has 0 spiro atoms. The second kappa shape index (κ2) is 7.54. The Morgan fingerprint density at radius 3 is 2.89 bits per heavy atom. The zero-order valence-corrected chi connectivity index (χ0v) is 12.3. The van der Waals surface area contributed by atoms with E-state index >= 15 is 0 Å². The first-order chi connectivity index (χ1) is 8.52. The van der Waals surface area contributed by atoms with E-state index in [2.05, 4.69) is 19.2 Å². The number of nitrogens with one attached hydrogen (secondary N) is 1. The van der Waals surface area contributed by atoms with Crippen LogP contribution in [-0.4, -0.2) is 17.4 Å². The Bertz CT molecular complexity index is 412. The Kier molecular flexibility index (Phi) is 6.36. The molecule has 0 aromatic heterocycles. The molecule has 100 valence electrons. The van der Waals surface area contributed by atoms with Crippen molar-refractivity contribution in [2.75, 3.05) is 22.6 Å². The molecule has 0 aliphatic heterocycles.